The summed E-state index contributed by atoms with van der Waals surface area (Å²) in [6.07, 6.45) is 1.86. The van der Waals surface area contributed by atoms with E-state index in [4.69, 9.17) is 4.74 Å². The van der Waals surface area contributed by atoms with Gasteiger partial charge in [-0.15, -0.1) is 0 Å². The first-order valence-corrected chi connectivity index (χ1v) is 10.4. The number of hydrogen-bond donors (Lipinski definition) is 1. The summed E-state index contributed by atoms with van der Waals surface area (Å²) < 4.78 is 5.52. The molecule has 3 heterocycles. The quantitative estimate of drug-likeness (QED) is 0.818. The number of rotatable bonds is 1. The smallest absolute Gasteiger partial charge is 0.410 e. The van der Waals surface area contributed by atoms with Crippen molar-refractivity contribution in [2.24, 2.45) is 0 Å². The second-order valence-corrected chi connectivity index (χ2v) is 9.40. The lowest BCUT2D eigenvalue weighted by Gasteiger charge is -2.36. The molecule has 0 aliphatic carbocycles. The number of amides is 1. The monoisotopic (exact) mass is 371 g/mol. The molecule has 0 aromatic heterocycles. The summed E-state index contributed by atoms with van der Waals surface area (Å²) in [5, 5.41) is 3.57. The molecule has 1 aromatic carbocycles. The third-order valence-electron chi connectivity index (χ3n) is 6.24. The number of carbonyl (C=O) groups excluding carboxylic acids is 1. The standard InChI is InChI=1S/C22H33N3O2/c1-15-12-23-13-20-19-6-5-17(11-18(19)14-25(15)20)16-7-9-24(10-8-16)21(26)27-22(2,3)4/h5-6,11,15-16,20,23H,7-10,12-14H2,1-4H3/t15-,20-/m1/s1. The van der Waals surface area contributed by atoms with Gasteiger partial charge in [0.25, 0.3) is 0 Å². The predicted molar refractivity (Wildman–Crippen MR) is 107 cm³/mol. The van der Waals surface area contributed by atoms with E-state index in [1.807, 2.05) is 25.7 Å². The van der Waals surface area contributed by atoms with E-state index in [0.717, 1.165) is 45.6 Å². The number of carbonyl (C=O) groups is 1. The van der Waals surface area contributed by atoms with E-state index in [9.17, 15) is 4.79 Å². The number of fused-ring (bicyclic) bond motifs is 3. The molecule has 1 aromatic rings. The highest BCUT2D eigenvalue weighted by Gasteiger charge is 2.36. The lowest BCUT2D eigenvalue weighted by atomic mass is 9.87. The highest BCUT2D eigenvalue weighted by atomic mass is 16.6. The van der Waals surface area contributed by atoms with Crippen LogP contribution in [0.15, 0.2) is 18.2 Å². The van der Waals surface area contributed by atoms with E-state index in [1.165, 1.54) is 16.7 Å². The Morgan fingerprint density at radius 1 is 1.19 bits per heavy atom. The van der Waals surface area contributed by atoms with Crippen LogP contribution in [0.2, 0.25) is 0 Å². The van der Waals surface area contributed by atoms with Crippen LogP contribution in [0, 0.1) is 0 Å². The normalized spacial score (nSPS) is 26.6. The van der Waals surface area contributed by atoms with Crippen LogP contribution in [0.5, 0.6) is 0 Å². The number of benzene rings is 1. The summed E-state index contributed by atoms with van der Waals surface area (Å²) >= 11 is 0. The van der Waals surface area contributed by atoms with Gasteiger partial charge in [0.2, 0.25) is 0 Å². The number of piperidine rings is 1. The predicted octanol–water partition coefficient (Wildman–Crippen LogP) is 3.65. The van der Waals surface area contributed by atoms with Crippen LogP contribution in [0.4, 0.5) is 4.79 Å². The Morgan fingerprint density at radius 2 is 1.93 bits per heavy atom. The van der Waals surface area contributed by atoms with Crippen LogP contribution in [-0.4, -0.2) is 53.7 Å². The average Bonchev–Trinajstić information content (AvgIpc) is 3.00. The first-order chi connectivity index (χ1) is 12.8. The number of likely N-dealkylation sites (tertiary alicyclic amines) is 1. The SMILES string of the molecule is C[C@@H]1CNC[C@@H]2c3ccc(C4CCN(C(=O)OC(C)(C)C)CC4)cc3CN12. The third kappa shape index (κ3) is 3.85. The van der Waals surface area contributed by atoms with Gasteiger partial charge >= 0.3 is 6.09 Å². The van der Waals surface area contributed by atoms with Crippen molar-refractivity contribution in [1.29, 1.82) is 0 Å². The molecule has 27 heavy (non-hydrogen) atoms. The molecule has 2 fully saturated rings. The topological polar surface area (TPSA) is 44.8 Å². The van der Waals surface area contributed by atoms with E-state index >= 15 is 0 Å². The van der Waals surface area contributed by atoms with Gasteiger partial charge < -0.3 is 15.0 Å². The molecule has 2 atom stereocenters. The molecule has 0 radical (unpaired) electrons. The summed E-state index contributed by atoms with van der Waals surface area (Å²) in [6, 6.07) is 8.25. The Balaban J connectivity index is 1.40. The van der Waals surface area contributed by atoms with Gasteiger partial charge in [0, 0.05) is 44.8 Å². The first kappa shape index (κ1) is 18.8. The molecule has 0 spiro atoms. The van der Waals surface area contributed by atoms with Crippen molar-refractivity contribution in [3.8, 4) is 0 Å². The fourth-order valence-corrected chi connectivity index (χ4v) is 4.79. The number of ether oxygens (including phenoxy) is 1. The van der Waals surface area contributed by atoms with Crippen molar-refractivity contribution in [2.75, 3.05) is 26.2 Å². The molecule has 0 unspecified atom stereocenters. The minimum atomic E-state index is -0.425. The van der Waals surface area contributed by atoms with E-state index < -0.39 is 5.60 Å². The zero-order chi connectivity index (χ0) is 19.2. The van der Waals surface area contributed by atoms with Crippen LogP contribution in [-0.2, 0) is 11.3 Å². The largest absolute Gasteiger partial charge is 0.444 e. The fraction of sp³-hybridized carbons (Fsp3) is 0.682. The number of hydrogen-bond acceptors (Lipinski definition) is 4. The molecule has 148 valence electrons. The molecule has 3 aliphatic rings. The minimum absolute atomic E-state index is 0.173. The Kier molecular flexibility index (Phi) is 4.93. The number of piperazine rings is 1. The van der Waals surface area contributed by atoms with E-state index in [-0.39, 0.29) is 6.09 Å². The van der Waals surface area contributed by atoms with Crippen molar-refractivity contribution in [3.05, 3.63) is 34.9 Å². The highest BCUT2D eigenvalue weighted by molar-refractivity contribution is 5.68. The van der Waals surface area contributed by atoms with E-state index in [0.29, 0.717) is 18.0 Å². The molecule has 0 saturated carbocycles. The molecule has 5 nitrogen and oxygen atoms in total. The fourth-order valence-electron chi connectivity index (χ4n) is 4.79. The molecule has 2 saturated heterocycles. The highest BCUT2D eigenvalue weighted by Crippen LogP contribution is 2.39. The van der Waals surface area contributed by atoms with Crippen LogP contribution >= 0.6 is 0 Å². The lowest BCUT2D eigenvalue weighted by Crippen LogP contribution is -2.48. The maximum Gasteiger partial charge on any atom is 0.410 e. The second kappa shape index (κ2) is 7.10. The second-order valence-electron chi connectivity index (χ2n) is 9.40. The van der Waals surface area contributed by atoms with E-state index in [2.05, 4.69) is 35.3 Å². The van der Waals surface area contributed by atoms with Gasteiger partial charge in [0.1, 0.15) is 5.60 Å². The summed E-state index contributed by atoms with van der Waals surface area (Å²) in [4.78, 5) is 16.8. The van der Waals surface area contributed by atoms with Gasteiger partial charge in [-0.3, -0.25) is 4.90 Å². The number of nitrogens with one attached hydrogen (secondary N) is 1. The lowest BCUT2D eigenvalue weighted by molar-refractivity contribution is 0.0205. The average molecular weight is 372 g/mol. The maximum atomic E-state index is 12.3. The van der Waals surface area contributed by atoms with Gasteiger partial charge in [-0.05, 0) is 63.1 Å². The minimum Gasteiger partial charge on any atom is -0.444 e. The van der Waals surface area contributed by atoms with Gasteiger partial charge in [0.15, 0.2) is 0 Å². The van der Waals surface area contributed by atoms with Gasteiger partial charge in [-0.2, -0.15) is 0 Å². The zero-order valence-electron chi connectivity index (χ0n) is 17.1. The molecule has 5 heteroatoms. The third-order valence-corrected chi connectivity index (χ3v) is 6.24. The molecular formula is C22H33N3O2. The van der Waals surface area contributed by atoms with Gasteiger partial charge in [0.05, 0.1) is 0 Å². The zero-order valence-corrected chi connectivity index (χ0v) is 17.1. The molecule has 3 aliphatic heterocycles. The van der Waals surface area contributed by atoms with E-state index in [1.54, 1.807) is 0 Å². The van der Waals surface area contributed by atoms with Crippen molar-refractivity contribution >= 4 is 6.09 Å². The van der Waals surface area contributed by atoms with Crippen LogP contribution in [0.1, 0.15) is 69.2 Å². The summed E-state index contributed by atoms with van der Waals surface area (Å²) in [6.45, 7) is 12.9. The number of nitrogens with zero attached hydrogens (tertiary/aromatic N) is 2. The Morgan fingerprint density at radius 3 is 2.63 bits per heavy atom. The molecule has 4 rings (SSSR count). The van der Waals surface area contributed by atoms with Crippen molar-refractivity contribution in [3.63, 3.8) is 0 Å². The summed E-state index contributed by atoms with van der Waals surface area (Å²) in [5.41, 5.74) is 4.02. The van der Waals surface area contributed by atoms with Gasteiger partial charge in [-0.25, -0.2) is 4.79 Å². The summed E-state index contributed by atoms with van der Waals surface area (Å²) in [5.74, 6) is 0.544. The molecular weight excluding hydrogens is 338 g/mol. The van der Waals surface area contributed by atoms with Crippen LogP contribution < -0.4 is 5.32 Å². The van der Waals surface area contributed by atoms with Crippen LogP contribution in [0.25, 0.3) is 0 Å². The van der Waals surface area contributed by atoms with Gasteiger partial charge in [-0.1, -0.05) is 18.2 Å². The molecule has 1 N–H and O–H groups in total. The summed E-state index contributed by atoms with van der Waals surface area (Å²) in [7, 11) is 0. The Bertz CT molecular complexity index is 704. The van der Waals surface area contributed by atoms with Crippen molar-refractivity contribution in [2.45, 2.75) is 70.7 Å². The molecule has 1 amide bonds. The van der Waals surface area contributed by atoms with Crippen LogP contribution in [0.3, 0.4) is 0 Å². The molecule has 0 bridgehead atoms. The first-order valence-electron chi connectivity index (χ1n) is 10.4. The Hall–Kier alpha value is -1.59. The maximum absolute atomic E-state index is 12.3. The Labute approximate surface area is 163 Å². The van der Waals surface area contributed by atoms with Crippen molar-refractivity contribution < 1.29 is 9.53 Å². The van der Waals surface area contributed by atoms with Crippen molar-refractivity contribution in [1.82, 2.24) is 15.1 Å².